The van der Waals surface area contributed by atoms with E-state index in [0.29, 0.717) is 11.6 Å². The highest BCUT2D eigenvalue weighted by atomic mass is 79.9. The van der Waals surface area contributed by atoms with Crippen LogP contribution in [-0.2, 0) is 0 Å². The van der Waals surface area contributed by atoms with Gasteiger partial charge in [-0.15, -0.1) is 0 Å². The first-order chi connectivity index (χ1) is 8.83. The Morgan fingerprint density at radius 2 is 1.83 bits per heavy atom. The van der Waals surface area contributed by atoms with Gasteiger partial charge in [-0.1, -0.05) is 18.2 Å². The molecule has 0 spiro atoms. The van der Waals surface area contributed by atoms with Gasteiger partial charge in [0.2, 0.25) is 5.88 Å². The zero-order valence-electron chi connectivity index (χ0n) is 9.38. The lowest BCUT2D eigenvalue weighted by Gasteiger charge is -2.06. The minimum absolute atomic E-state index is 0.552. The molecular weight excluding hydrogens is 292 g/mol. The second-order valence-corrected chi connectivity index (χ2v) is 4.66. The van der Waals surface area contributed by atoms with Crippen molar-refractivity contribution in [1.29, 1.82) is 0 Å². The molecule has 3 nitrogen and oxygen atoms in total. The molecule has 0 unspecified atom stereocenters. The molecule has 0 atom stereocenters. The maximum atomic E-state index is 5.75. The molecule has 3 rings (SSSR count). The number of ether oxygens (including phenoxy) is 1. The van der Waals surface area contributed by atoms with Crippen LogP contribution in [0.5, 0.6) is 11.6 Å². The van der Waals surface area contributed by atoms with Gasteiger partial charge in [-0.3, -0.25) is 4.98 Å². The van der Waals surface area contributed by atoms with Crippen LogP contribution >= 0.6 is 15.9 Å². The van der Waals surface area contributed by atoms with E-state index in [1.165, 1.54) is 0 Å². The Balaban J connectivity index is 2.02. The lowest BCUT2D eigenvalue weighted by molar-refractivity contribution is 0.467. The van der Waals surface area contributed by atoms with E-state index in [9.17, 15) is 0 Å². The lowest BCUT2D eigenvalue weighted by Crippen LogP contribution is -1.89. The molecule has 88 valence electrons. The molecule has 0 aliphatic carbocycles. The second-order valence-electron chi connectivity index (χ2n) is 3.75. The number of benzene rings is 1. The van der Waals surface area contributed by atoms with Crippen molar-refractivity contribution in [2.45, 2.75) is 0 Å². The molecule has 0 aliphatic heterocycles. The Morgan fingerprint density at radius 3 is 2.67 bits per heavy atom. The Morgan fingerprint density at radius 1 is 0.944 bits per heavy atom. The lowest BCUT2D eigenvalue weighted by atomic mass is 10.2. The number of halogens is 1. The highest BCUT2D eigenvalue weighted by molar-refractivity contribution is 9.10. The van der Waals surface area contributed by atoms with Crippen molar-refractivity contribution in [3.63, 3.8) is 0 Å². The van der Waals surface area contributed by atoms with E-state index in [1.807, 2.05) is 42.5 Å². The minimum atomic E-state index is 0.552. The van der Waals surface area contributed by atoms with Gasteiger partial charge in [0.05, 0.1) is 0 Å². The average Bonchev–Trinajstić information content (AvgIpc) is 2.42. The number of hydrogen-bond acceptors (Lipinski definition) is 3. The number of pyridine rings is 2. The summed E-state index contributed by atoms with van der Waals surface area (Å²) in [6.45, 7) is 0. The Hall–Kier alpha value is -1.94. The van der Waals surface area contributed by atoms with Gasteiger partial charge in [0.1, 0.15) is 5.52 Å². The molecule has 0 bridgehead atoms. The second kappa shape index (κ2) is 4.74. The van der Waals surface area contributed by atoms with Crippen molar-refractivity contribution in [3.05, 3.63) is 59.3 Å². The van der Waals surface area contributed by atoms with Crippen LogP contribution in [0.25, 0.3) is 10.9 Å². The summed E-state index contributed by atoms with van der Waals surface area (Å²) in [5.74, 6) is 1.26. The predicted molar refractivity (Wildman–Crippen MR) is 73.8 cm³/mol. The molecule has 3 aromatic rings. The summed E-state index contributed by atoms with van der Waals surface area (Å²) in [6.07, 6.45) is 3.46. The van der Waals surface area contributed by atoms with Gasteiger partial charge >= 0.3 is 0 Å². The number of rotatable bonds is 2. The standard InChI is InChI=1S/C14H9BrN2O/c15-11-6-7-13(17-9-11)18-12-5-1-3-10-4-2-8-16-14(10)12/h1-9H. The molecule has 0 radical (unpaired) electrons. The monoisotopic (exact) mass is 300 g/mol. The first-order valence-electron chi connectivity index (χ1n) is 5.46. The molecule has 18 heavy (non-hydrogen) atoms. The van der Waals surface area contributed by atoms with E-state index < -0.39 is 0 Å². The van der Waals surface area contributed by atoms with Crippen LogP contribution in [-0.4, -0.2) is 9.97 Å². The highest BCUT2D eigenvalue weighted by Gasteiger charge is 2.04. The summed E-state index contributed by atoms with van der Waals surface area (Å²) in [7, 11) is 0. The fourth-order valence-electron chi connectivity index (χ4n) is 1.69. The molecule has 1 aromatic carbocycles. The van der Waals surface area contributed by atoms with Gasteiger partial charge in [-0.2, -0.15) is 0 Å². The Kier molecular flexibility index (Phi) is 2.94. The Labute approximate surface area is 113 Å². The highest BCUT2D eigenvalue weighted by Crippen LogP contribution is 2.27. The fraction of sp³-hybridized carbons (Fsp3) is 0. The Bertz CT molecular complexity index is 677. The number of para-hydroxylation sites is 1. The SMILES string of the molecule is Brc1ccc(Oc2cccc3cccnc23)nc1. The number of aromatic nitrogens is 2. The van der Waals surface area contributed by atoms with Crippen molar-refractivity contribution in [2.24, 2.45) is 0 Å². The largest absolute Gasteiger partial charge is 0.437 e. The minimum Gasteiger partial charge on any atom is -0.437 e. The van der Waals surface area contributed by atoms with Crippen LogP contribution in [0.2, 0.25) is 0 Å². The maximum absolute atomic E-state index is 5.75. The topological polar surface area (TPSA) is 35.0 Å². The van der Waals surface area contributed by atoms with E-state index in [0.717, 1.165) is 15.4 Å². The van der Waals surface area contributed by atoms with Crippen molar-refractivity contribution in [1.82, 2.24) is 9.97 Å². The molecule has 0 saturated carbocycles. The van der Waals surface area contributed by atoms with E-state index in [2.05, 4.69) is 25.9 Å². The quantitative estimate of drug-likeness (QED) is 0.712. The van der Waals surface area contributed by atoms with Crippen molar-refractivity contribution in [3.8, 4) is 11.6 Å². The van der Waals surface area contributed by atoms with Gasteiger partial charge in [0.15, 0.2) is 5.75 Å². The molecule has 2 heterocycles. The van der Waals surface area contributed by atoms with Crippen LogP contribution in [0.4, 0.5) is 0 Å². The van der Waals surface area contributed by atoms with E-state index >= 15 is 0 Å². The number of hydrogen-bond donors (Lipinski definition) is 0. The third-order valence-electron chi connectivity index (χ3n) is 2.51. The van der Waals surface area contributed by atoms with Crippen LogP contribution in [0, 0.1) is 0 Å². The summed E-state index contributed by atoms with van der Waals surface area (Å²) in [6, 6.07) is 13.4. The molecule has 0 amide bonds. The van der Waals surface area contributed by atoms with Crippen LogP contribution in [0.1, 0.15) is 0 Å². The van der Waals surface area contributed by atoms with Crippen molar-refractivity contribution in [2.75, 3.05) is 0 Å². The predicted octanol–water partition coefficient (Wildman–Crippen LogP) is 4.18. The third-order valence-corrected chi connectivity index (χ3v) is 2.98. The number of fused-ring (bicyclic) bond motifs is 1. The third kappa shape index (κ3) is 2.19. The summed E-state index contributed by atoms with van der Waals surface area (Å²) in [5.41, 5.74) is 0.838. The van der Waals surface area contributed by atoms with Gasteiger partial charge in [-0.05, 0) is 34.1 Å². The molecular formula is C14H9BrN2O. The molecule has 0 aliphatic rings. The summed E-state index contributed by atoms with van der Waals surface area (Å²) in [4.78, 5) is 8.52. The zero-order chi connectivity index (χ0) is 12.4. The first kappa shape index (κ1) is 11.2. The summed E-state index contributed by atoms with van der Waals surface area (Å²) >= 11 is 3.34. The molecule has 4 heteroatoms. The van der Waals surface area contributed by atoms with Gasteiger partial charge in [0, 0.05) is 28.3 Å². The smallest absolute Gasteiger partial charge is 0.219 e. The summed E-state index contributed by atoms with van der Waals surface area (Å²) in [5, 5.41) is 1.05. The number of nitrogens with zero attached hydrogens (tertiary/aromatic N) is 2. The van der Waals surface area contributed by atoms with Gasteiger partial charge < -0.3 is 4.74 Å². The van der Waals surface area contributed by atoms with E-state index in [1.54, 1.807) is 12.4 Å². The van der Waals surface area contributed by atoms with Crippen molar-refractivity contribution < 1.29 is 4.74 Å². The molecule has 0 saturated heterocycles. The molecule has 0 N–H and O–H groups in total. The van der Waals surface area contributed by atoms with Crippen molar-refractivity contribution >= 4 is 26.8 Å². The molecule has 0 fully saturated rings. The maximum Gasteiger partial charge on any atom is 0.219 e. The van der Waals surface area contributed by atoms with Crippen LogP contribution in [0.15, 0.2) is 59.3 Å². The zero-order valence-corrected chi connectivity index (χ0v) is 11.0. The van der Waals surface area contributed by atoms with E-state index in [4.69, 9.17) is 4.74 Å². The van der Waals surface area contributed by atoms with E-state index in [-0.39, 0.29) is 0 Å². The van der Waals surface area contributed by atoms with Gasteiger partial charge in [-0.25, -0.2) is 4.98 Å². The fourth-order valence-corrected chi connectivity index (χ4v) is 1.93. The normalized spacial score (nSPS) is 10.5. The summed E-state index contributed by atoms with van der Waals surface area (Å²) < 4.78 is 6.67. The molecule has 2 aromatic heterocycles. The average molecular weight is 301 g/mol. The van der Waals surface area contributed by atoms with Crippen LogP contribution in [0.3, 0.4) is 0 Å². The van der Waals surface area contributed by atoms with Gasteiger partial charge in [0.25, 0.3) is 0 Å². The van der Waals surface area contributed by atoms with Crippen LogP contribution < -0.4 is 4.74 Å². The first-order valence-corrected chi connectivity index (χ1v) is 6.25.